The van der Waals surface area contributed by atoms with Gasteiger partial charge in [0.15, 0.2) is 6.29 Å². The summed E-state index contributed by atoms with van der Waals surface area (Å²) >= 11 is 0. The summed E-state index contributed by atoms with van der Waals surface area (Å²) in [4.78, 5) is 0. The number of ether oxygens (including phenoxy) is 2. The Kier molecular flexibility index (Phi) is 5.45. The highest BCUT2D eigenvalue weighted by molar-refractivity contribution is 5.08. The molecule has 92 valence electrons. The largest absolute Gasteiger partial charge is 0.354 e. The van der Waals surface area contributed by atoms with E-state index in [-0.39, 0.29) is 12.3 Å². The quantitative estimate of drug-likeness (QED) is 0.710. The number of nitrogens with zero attached hydrogens (tertiary/aromatic N) is 2. The standard InChI is InChI=1S/C11H21N3O2/c1-5-12-10(11(15-3)16-4)9-7-8-13-14(9)6-2/h7-8,10-12H,5-6H2,1-4H3. The van der Waals surface area contributed by atoms with Gasteiger partial charge in [-0.1, -0.05) is 6.92 Å². The number of aryl methyl sites for hydroxylation is 1. The molecule has 5 nitrogen and oxygen atoms in total. The van der Waals surface area contributed by atoms with E-state index in [9.17, 15) is 0 Å². The lowest BCUT2D eigenvalue weighted by atomic mass is 10.2. The molecule has 5 heteroatoms. The number of methoxy groups -OCH3 is 2. The van der Waals surface area contributed by atoms with Crippen LogP contribution in [0.25, 0.3) is 0 Å². The second-order valence-corrected chi connectivity index (χ2v) is 3.45. The molecule has 0 saturated carbocycles. The number of hydrogen-bond donors (Lipinski definition) is 1. The van der Waals surface area contributed by atoms with E-state index in [4.69, 9.17) is 9.47 Å². The van der Waals surface area contributed by atoms with Crippen LogP contribution >= 0.6 is 0 Å². The lowest BCUT2D eigenvalue weighted by Crippen LogP contribution is -2.36. The highest BCUT2D eigenvalue weighted by Gasteiger charge is 2.24. The summed E-state index contributed by atoms with van der Waals surface area (Å²) in [6.07, 6.45) is 1.49. The maximum absolute atomic E-state index is 5.31. The molecule has 0 aliphatic carbocycles. The second kappa shape index (κ2) is 6.62. The molecule has 0 saturated heterocycles. The van der Waals surface area contributed by atoms with Crippen molar-refractivity contribution in [2.24, 2.45) is 0 Å². The molecule has 0 spiro atoms. The van der Waals surface area contributed by atoms with E-state index in [0.717, 1.165) is 18.8 Å². The van der Waals surface area contributed by atoms with Gasteiger partial charge in [-0.15, -0.1) is 0 Å². The summed E-state index contributed by atoms with van der Waals surface area (Å²) < 4.78 is 12.6. The van der Waals surface area contributed by atoms with E-state index in [1.54, 1.807) is 20.4 Å². The Bertz CT molecular complexity index is 297. The Morgan fingerprint density at radius 1 is 1.38 bits per heavy atom. The molecule has 0 amide bonds. The fourth-order valence-electron chi connectivity index (χ4n) is 1.80. The number of hydrogen-bond acceptors (Lipinski definition) is 4. The van der Waals surface area contributed by atoms with Gasteiger partial charge < -0.3 is 14.8 Å². The molecule has 0 radical (unpaired) electrons. The third-order valence-corrected chi connectivity index (χ3v) is 2.53. The summed E-state index contributed by atoms with van der Waals surface area (Å²) in [7, 11) is 3.29. The van der Waals surface area contributed by atoms with Crippen LogP contribution in [0.2, 0.25) is 0 Å². The van der Waals surface area contributed by atoms with Crippen LogP contribution in [0.3, 0.4) is 0 Å². The first kappa shape index (κ1) is 13.2. The van der Waals surface area contributed by atoms with E-state index in [0.29, 0.717) is 0 Å². The topological polar surface area (TPSA) is 48.3 Å². The van der Waals surface area contributed by atoms with Crippen LogP contribution < -0.4 is 5.32 Å². The second-order valence-electron chi connectivity index (χ2n) is 3.45. The molecular weight excluding hydrogens is 206 g/mol. The molecule has 0 fully saturated rings. The molecular formula is C11H21N3O2. The number of aromatic nitrogens is 2. The molecule has 1 rings (SSSR count). The van der Waals surface area contributed by atoms with E-state index in [1.807, 2.05) is 10.7 Å². The maximum Gasteiger partial charge on any atom is 0.177 e. The zero-order valence-electron chi connectivity index (χ0n) is 10.4. The molecule has 1 aromatic rings. The molecule has 0 bridgehead atoms. The summed E-state index contributed by atoms with van der Waals surface area (Å²) in [6, 6.07) is 1.99. The van der Waals surface area contributed by atoms with Crippen molar-refractivity contribution in [3.05, 3.63) is 18.0 Å². The minimum Gasteiger partial charge on any atom is -0.354 e. The Labute approximate surface area is 96.7 Å². The van der Waals surface area contributed by atoms with Crippen LogP contribution in [-0.4, -0.2) is 36.8 Å². The van der Waals surface area contributed by atoms with Crippen LogP contribution in [-0.2, 0) is 16.0 Å². The zero-order chi connectivity index (χ0) is 12.0. The Morgan fingerprint density at radius 2 is 2.06 bits per heavy atom. The van der Waals surface area contributed by atoms with Gasteiger partial charge in [0.1, 0.15) is 6.04 Å². The van der Waals surface area contributed by atoms with Crippen molar-refractivity contribution in [2.75, 3.05) is 20.8 Å². The molecule has 0 aliphatic rings. The third kappa shape index (κ3) is 2.81. The van der Waals surface area contributed by atoms with Gasteiger partial charge in [-0.3, -0.25) is 4.68 Å². The number of rotatable bonds is 7. The molecule has 0 aliphatic heterocycles. The van der Waals surface area contributed by atoms with Crippen molar-refractivity contribution in [3.63, 3.8) is 0 Å². The smallest absolute Gasteiger partial charge is 0.177 e. The first-order chi connectivity index (χ1) is 7.78. The Morgan fingerprint density at radius 3 is 2.56 bits per heavy atom. The van der Waals surface area contributed by atoms with Gasteiger partial charge in [0.05, 0.1) is 5.69 Å². The highest BCUT2D eigenvalue weighted by Crippen LogP contribution is 2.19. The maximum atomic E-state index is 5.31. The Balaban J connectivity index is 2.91. The lowest BCUT2D eigenvalue weighted by molar-refractivity contribution is -0.125. The monoisotopic (exact) mass is 227 g/mol. The first-order valence-electron chi connectivity index (χ1n) is 5.59. The van der Waals surface area contributed by atoms with Crippen molar-refractivity contribution in [2.45, 2.75) is 32.7 Å². The summed E-state index contributed by atoms with van der Waals surface area (Å²) in [5, 5.41) is 7.61. The molecule has 1 aromatic heterocycles. The number of nitrogens with one attached hydrogen (secondary N) is 1. The van der Waals surface area contributed by atoms with Crippen LogP contribution in [0.5, 0.6) is 0 Å². The van der Waals surface area contributed by atoms with Gasteiger partial charge in [0.25, 0.3) is 0 Å². The lowest BCUT2D eigenvalue weighted by Gasteiger charge is -2.25. The number of likely N-dealkylation sites (N-methyl/N-ethyl adjacent to an activating group) is 1. The van der Waals surface area contributed by atoms with Gasteiger partial charge in [0.2, 0.25) is 0 Å². The van der Waals surface area contributed by atoms with Crippen LogP contribution in [0.4, 0.5) is 0 Å². The molecule has 1 unspecified atom stereocenters. The van der Waals surface area contributed by atoms with Gasteiger partial charge >= 0.3 is 0 Å². The van der Waals surface area contributed by atoms with Crippen molar-refractivity contribution in [3.8, 4) is 0 Å². The molecule has 16 heavy (non-hydrogen) atoms. The molecule has 0 aromatic carbocycles. The van der Waals surface area contributed by atoms with E-state index >= 15 is 0 Å². The third-order valence-electron chi connectivity index (χ3n) is 2.53. The predicted molar refractivity (Wildman–Crippen MR) is 62.1 cm³/mol. The average Bonchev–Trinajstić information content (AvgIpc) is 2.77. The summed E-state index contributed by atoms with van der Waals surface area (Å²) in [6.45, 7) is 5.81. The van der Waals surface area contributed by atoms with Crippen molar-refractivity contribution < 1.29 is 9.47 Å². The predicted octanol–water partition coefficient (Wildman–Crippen LogP) is 1.17. The van der Waals surface area contributed by atoms with Crippen molar-refractivity contribution in [1.29, 1.82) is 0 Å². The normalized spacial score (nSPS) is 13.3. The Hall–Kier alpha value is -0.910. The van der Waals surface area contributed by atoms with Gasteiger partial charge in [-0.05, 0) is 19.5 Å². The average molecular weight is 227 g/mol. The fourth-order valence-corrected chi connectivity index (χ4v) is 1.80. The summed E-state index contributed by atoms with van der Waals surface area (Å²) in [5.74, 6) is 0. The molecule has 1 N–H and O–H groups in total. The highest BCUT2D eigenvalue weighted by atomic mass is 16.7. The van der Waals surface area contributed by atoms with Crippen LogP contribution in [0, 0.1) is 0 Å². The summed E-state index contributed by atoms with van der Waals surface area (Å²) in [5.41, 5.74) is 1.08. The fraction of sp³-hybridized carbons (Fsp3) is 0.727. The molecule has 1 heterocycles. The van der Waals surface area contributed by atoms with Crippen molar-refractivity contribution >= 4 is 0 Å². The minimum atomic E-state index is -0.304. The van der Waals surface area contributed by atoms with Gasteiger partial charge in [0, 0.05) is 27.0 Å². The molecule has 1 atom stereocenters. The van der Waals surface area contributed by atoms with Crippen LogP contribution in [0.15, 0.2) is 12.3 Å². The van der Waals surface area contributed by atoms with Gasteiger partial charge in [-0.25, -0.2) is 0 Å². The van der Waals surface area contributed by atoms with E-state index < -0.39 is 0 Å². The van der Waals surface area contributed by atoms with E-state index in [1.165, 1.54) is 0 Å². The first-order valence-corrected chi connectivity index (χ1v) is 5.59. The van der Waals surface area contributed by atoms with Crippen LogP contribution in [0.1, 0.15) is 25.6 Å². The van der Waals surface area contributed by atoms with Crippen molar-refractivity contribution in [1.82, 2.24) is 15.1 Å². The minimum absolute atomic E-state index is 0.00227. The van der Waals surface area contributed by atoms with Gasteiger partial charge in [-0.2, -0.15) is 5.10 Å². The van der Waals surface area contributed by atoms with E-state index in [2.05, 4.69) is 24.3 Å². The zero-order valence-corrected chi connectivity index (χ0v) is 10.4. The SMILES string of the molecule is CCNC(c1ccnn1CC)C(OC)OC.